The molecule has 0 aromatic carbocycles. The molecule has 28 heavy (non-hydrogen) atoms. The van der Waals surface area contributed by atoms with Crippen LogP contribution in [-0.4, -0.2) is 50.3 Å². The second-order valence-corrected chi connectivity index (χ2v) is 8.14. The fourth-order valence-electron chi connectivity index (χ4n) is 3.15. The number of guanidine groups is 1. The van der Waals surface area contributed by atoms with E-state index in [2.05, 4.69) is 65.3 Å². The maximum Gasteiger partial charge on any atom is 0.191 e. The van der Waals surface area contributed by atoms with Crippen LogP contribution >= 0.6 is 0 Å². The number of aliphatic imine (C=N–C) groups is 1. The number of aromatic nitrogens is 1. The lowest BCUT2D eigenvalue weighted by Crippen LogP contribution is -2.38. The van der Waals surface area contributed by atoms with Crippen LogP contribution in [0.2, 0.25) is 0 Å². The first-order chi connectivity index (χ1) is 13.6. The number of hydrogen-bond donors (Lipinski definition) is 2. The van der Waals surface area contributed by atoms with Gasteiger partial charge in [-0.15, -0.1) is 0 Å². The van der Waals surface area contributed by atoms with Gasteiger partial charge in [0.05, 0.1) is 6.54 Å². The van der Waals surface area contributed by atoms with Crippen LogP contribution < -0.4 is 15.5 Å². The standard InChI is InChI=1S/C22H39N5O/c1-5-23-22(24-11-6-14-28-17-18(2)3)26-16-20-7-8-21(25-15-20)27-12-9-19(4)10-13-27/h7-8,15,18-19H,5-6,9-14,16-17H2,1-4H3,(H2,23,24,26). The van der Waals surface area contributed by atoms with Gasteiger partial charge in [-0.05, 0) is 49.7 Å². The largest absolute Gasteiger partial charge is 0.381 e. The fraction of sp³-hybridized carbons (Fsp3) is 0.727. The zero-order valence-electron chi connectivity index (χ0n) is 18.2. The highest BCUT2D eigenvalue weighted by molar-refractivity contribution is 5.79. The number of hydrogen-bond acceptors (Lipinski definition) is 4. The van der Waals surface area contributed by atoms with E-state index in [9.17, 15) is 0 Å². The number of rotatable bonds is 10. The zero-order chi connectivity index (χ0) is 20.2. The summed E-state index contributed by atoms with van der Waals surface area (Å²) in [5, 5.41) is 6.68. The van der Waals surface area contributed by atoms with Gasteiger partial charge in [-0.3, -0.25) is 0 Å². The number of pyridine rings is 1. The minimum absolute atomic E-state index is 0.588. The molecule has 0 aliphatic carbocycles. The number of anilines is 1. The molecule has 0 spiro atoms. The van der Waals surface area contributed by atoms with Gasteiger partial charge in [0.2, 0.25) is 0 Å². The van der Waals surface area contributed by atoms with E-state index in [1.165, 1.54) is 12.8 Å². The smallest absolute Gasteiger partial charge is 0.191 e. The summed E-state index contributed by atoms with van der Waals surface area (Å²) in [4.78, 5) is 11.7. The van der Waals surface area contributed by atoms with E-state index in [0.717, 1.165) is 69.1 Å². The fourth-order valence-corrected chi connectivity index (χ4v) is 3.15. The molecule has 1 aromatic heterocycles. The third kappa shape index (κ3) is 8.46. The highest BCUT2D eigenvalue weighted by atomic mass is 16.5. The number of piperidine rings is 1. The molecule has 0 amide bonds. The van der Waals surface area contributed by atoms with Gasteiger partial charge in [0.15, 0.2) is 5.96 Å². The summed E-state index contributed by atoms with van der Waals surface area (Å²) in [6.45, 7) is 14.9. The van der Waals surface area contributed by atoms with Crippen molar-refractivity contribution in [1.29, 1.82) is 0 Å². The summed E-state index contributed by atoms with van der Waals surface area (Å²) < 4.78 is 5.62. The van der Waals surface area contributed by atoms with Crippen molar-refractivity contribution in [3.05, 3.63) is 23.9 Å². The van der Waals surface area contributed by atoms with E-state index >= 15 is 0 Å². The van der Waals surface area contributed by atoms with Crippen molar-refractivity contribution in [2.75, 3.05) is 44.3 Å². The van der Waals surface area contributed by atoms with Gasteiger partial charge >= 0.3 is 0 Å². The highest BCUT2D eigenvalue weighted by Gasteiger charge is 2.16. The summed E-state index contributed by atoms with van der Waals surface area (Å²) >= 11 is 0. The summed E-state index contributed by atoms with van der Waals surface area (Å²) in [6, 6.07) is 4.28. The lowest BCUT2D eigenvalue weighted by Gasteiger charge is -2.31. The third-order valence-corrected chi connectivity index (χ3v) is 4.89. The molecule has 158 valence electrons. The average molecular weight is 390 g/mol. The lowest BCUT2D eigenvalue weighted by atomic mass is 9.99. The SMILES string of the molecule is CCNC(=NCc1ccc(N2CCC(C)CC2)nc1)NCCCOCC(C)C. The van der Waals surface area contributed by atoms with E-state index in [1.54, 1.807) is 0 Å². The predicted molar refractivity (Wildman–Crippen MR) is 118 cm³/mol. The first-order valence-electron chi connectivity index (χ1n) is 10.9. The van der Waals surface area contributed by atoms with E-state index in [-0.39, 0.29) is 0 Å². The normalized spacial score (nSPS) is 15.9. The van der Waals surface area contributed by atoms with Crippen LogP contribution in [0.4, 0.5) is 5.82 Å². The van der Waals surface area contributed by atoms with Crippen molar-refractivity contribution < 1.29 is 4.74 Å². The Morgan fingerprint density at radius 2 is 2.07 bits per heavy atom. The first-order valence-corrected chi connectivity index (χ1v) is 10.9. The Kier molecular flexibility index (Phi) is 10.1. The molecular weight excluding hydrogens is 350 g/mol. The third-order valence-electron chi connectivity index (χ3n) is 4.89. The molecule has 0 saturated carbocycles. The first kappa shape index (κ1) is 22.5. The molecule has 2 rings (SSSR count). The van der Waals surface area contributed by atoms with Gasteiger partial charge in [0, 0.05) is 45.6 Å². The summed E-state index contributed by atoms with van der Waals surface area (Å²) in [5.74, 6) is 3.36. The van der Waals surface area contributed by atoms with Crippen LogP contribution in [0.5, 0.6) is 0 Å². The van der Waals surface area contributed by atoms with Crippen LogP contribution in [0, 0.1) is 11.8 Å². The average Bonchev–Trinajstić information content (AvgIpc) is 2.69. The molecular formula is C22H39N5O. The van der Waals surface area contributed by atoms with Crippen LogP contribution in [-0.2, 0) is 11.3 Å². The second-order valence-electron chi connectivity index (χ2n) is 8.14. The van der Waals surface area contributed by atoms with Gasteiger partial charge < -0.3 is 20.3 Å². The lowest BCUT2D eigenvalue weighted by molar-refractivity contribution is 0.108. The molecule has 2 N–H and O–H groups in total. The summed E-state index contributed by atoms with van der Waals surface area (Å²) in [7, 11) is 0. The molecule has 1 aliphatic heterocycles. The minimum atomic E-state index is 0.588. The van der Waals surface area contributed by atoms with Crippen LogP contribution in [0.25, 0.3) is 0 Å². The van der Waals surface area contributed by atoms with Crippen molar-refractivity contribution in [3.8, 4) is 0 Å². The van der Waals surface area contributed by atoms with Crippen LogP contribution in [0.1, 0.15) is 52.5 Å². The van der Waals surface area contributed by atoms with E-state index in [1.807, 2.05) is 6.20 Å². The molecule has 2 heterocycles. The molecule has 0 bridgehead atoms. The molecule has 1 aromatic rings. The van der Waals surface area contributed by atoms with Gasteiger partial charge in [0.1, 0.15) is 5.82 Å². The van der Waals surface area contributed by atoms with Crippen molar-refractivity contribution in [2.24, 2.45) is 16.8 Å². The Balaban J connectivity index is 1.76. The molecule has 0 unspecified atom stereocenters. The molecule has 1 fully saturated rings. The Morgan fingerprint density at radius 1 is 1.29 bits per heavy atom. The number of ether oxygens (including phenoxy) is 1. The van der Waals surface area contributed by atoms with Crippen molar-refractivity contribution >= 4 is 11.8 Å². The Morgan fingerprint density at radius 3 is 2.71 bits per heavy atom. The Hall–Kier alpha value is -1.82. The Labute approximate surface area is 171 Å². The highest BCUT2D eigenvalue weighted by Crippen LogP contribution is 2.21. The number of nitrogens with one attached hydrogen (secondary N) is 2. The van der Waals surface area contributed by atoms with Gasteiger partial charge in [-0.2, -0.15) is 0 Å². The van der Waals surface area contributed by atoms with Gasteiger partial charge in [-0.1, -0.05) is 26.8 Å². The molecule has 0 atom stereocenters. The van der Waals surface area contributed by atoms with Crippen molar-refractivity contribution in [3.63, 3.8) is 0 Å². The van der Waals surface area contributed by atoms with Crippen molar-refractivity contribution in [2.45, 2.75) is 53.5 Å². The molecule has 0 radical (unpaired) electrons. The predicted octanol–water partition coefficient (Wildman–Crippen LogP) is 3.44. The van der Waals surface area contributed by atoms with Gasteiger partial charge in [-0.25, -0.2) is 9.98 Å². The number of nitrogens with zero attached hydrogens (tertiary/aromatic N) is 3. The summed E-state index contributed by atoms with van der Waals surface area (Å²) in [5.41, 5.74) is 1.13. The second kappa shape index (κ2) is 12.6. The monoisotopic (exact) mass is 389 g/mol. The molecule has 1 saturated heterocycles. The topological polar surface area (TPSA) is 61.8 Å². The van der Waals surface area contributed by atoms with Crippen LogP contribution in [0.15, 0.2) is 23.3 Å². The van der Waals surface area contributed by atoms with E-state index in [4.69, 9.17) is 4.74 Å². The maximum absolute atomic E-state index is 5.62. The van der Waals surface area contributed by atoms with Gasteiger partial charge in [0.25, 0.3) is 0 Å². The van der Waals surface area contributed by atoms with E-state index in [0.29, 0.717) is 12.5 Å². The molecule has 1 aliphatic rings. The van der Waals surface area contributed by atoms with Crippen LogP contribution in [0.3, 0.4) is 0 Å². The molecule has 6 heteroatoms. The zero-order valence-corrected chi connectivity index (χ0v) is 18.2. The Bertz CT molecular complexity index is 565. The summed E-state index contributed by atoms with van der Waals surface area (Å²) in [6.07, 6.45) is 5.45. The van der Waals surface area contributed by atoms with E-state index < -0.39 is 0 Å². The minimum Gasteiger partial charge on any atom is -0.381 e. The quantitative estimate of drug-likeness (QED) is 0.365. The maximum atomic E-state index is 5.62. The van der Waals surface area contributed by atoms with Crippen molar-refractivity contribution in [1.82, 2.24) is 15.6 Å². The molecule has 6 nitrogen and oxygen atoms in total.